The third-order valence-corrected chi connectivity index (χ3v) is 4.90. The van der Waals surface area contributed by atoms with Crippen LogP contribution < -0.4 is 15.5 Å². The zero-order valence-corrected chi connectivity index (χ0v) is 15.9. The lowest BCUT2D eigenvalue weighted by atomic mass is 10.2. The number of anilines is 1. The van der Waals surface area contributed by atoms with E-state index in [4.69, 9.17) is 11.6 Å². The van der Waals surface area contributed by atoms with E-state index in [1.807, 2.05) is 36.4 Å². The van der Waals surface area contributed by atoms with Gasteiger partial charge in [0.2, 0.25) is 0 Å². The molecule has 1 saturated heterocycles. The van der Waals surface area contributed by atoms with Crippen molar-refractivity contribution in [2.45, 2.75) is 6.54 Å². The predicted octanol–water partition coefficient (Wildman–Crippen LogP) is 3.10. The molecule has 0 unspecified atom stereocenters. The third-order valence-electron chi connectivity index (χ3n) is 4.64. The van der Waals surface area contributed by atoms with Crippen molar-refractivity contribution in [2.24, 2.45) is 0 Å². The molecular formula is C20H24ClFN4O. The highest BCUT2D eigenvalue weighted by Gasteiger charge is 2.17. The minimum absolute atomic E-state index is 0.171. The molecule has 144 valence electrons. The Labute approximate surface area is 164 Å². The summed E-state index contributed by atoms with van der Waals surface area (Å²) in [6.07, 6.45) is 0. The minimum Gasteiger partial charge on any atom is -0.369 e. The third kappa shape index (κ3) is 6.12. The second-order valence-corrected chi connectivity index (χ2v) is 6.98. The maximum Gasteiger partial charge on any atom is 0.315 e. The van der Waals surface area contributed by atoms with Gasteiger partial charge in [0.1, 0.15) is 5.82 Å². The zero-order chi connectivity index (χ0) is 19.1. The quantitative estimate of drug-likeness (QED) is 0.796. The number of hydrogen-bond acceptors (Lipinski definition) is 3. The second-order valence-electron chi connectivity index (χ2n) is 6.54. The fourth-order valence-electron chi connectivity index (χ4n) is 3.06. The maximum atomic E-state index is 13.0. The van der Waals surface area contributed by atoms with Gasteiger partial charge >= 0.3 is 6.03 Å². The van der Waals surface area contributed by atoms with E-state index >= 15 is 0 Å². The molecule has 1 fully saturated rings. The summed E-state index contributed by atoms with van der Waals surface area (Å²) in [5, 5.41) is 6.41. The van der Waals surface area contributed by atoms with E-state index in [-0.39, 0.29) is 11.8 Å². The van der Waals surface area contributed by atoms with Crippen LogP contribution in [0.5, 0.6) is 0 Å². The van der Waals surface area contributed by atoms with Crippen molar-refractivity contribution in [3.05, 3.63) is 64.9 Å². The highest BCUT2D eigenvalue weighted by molar-refractivity contribution is 6.30. The van der Waals surface area contributed by atoms with Crippen LogP contribution in [0, 0.1) is 5.82 Å². The van der Waals surface area contributed by atoms with Crippen LogP contribution in [0.25, 0.3) is 0 Å². The highest BCUT2D eigenvalue weighted by atomic mass is 35.5. The summed E-state index contributed by atoms with van der Waals surface area (Å²) in [6.45, 7) is 5.52. The molecule has 0 radical (unpaired) electrons. The van der Waals surface area contributed by atoms with E-state index in [9.17, 15) is 9.18 Å². The Morgan fingerprint density at radius 2 is 1.63 bits per heavy atom. The Bertz CT molecular complexity index is 731. The Hall–Kier alpha value is -2.31. The molecule has 0 saturated carbocycles. The van der Waals surface area contributed by atoms with E-state index in [1.165, 1.54) is 12.1 Å². The molecule has 0 atom stereocenters. The van der Waals surface area contributed by atoms with Gasteiger partial charge in [0.25, 0.3) is 0 Å². The molecule has 7 heteroatoms. The predicted molar refractivity (Wildman–Crippen MR) is 107 cm³/mol. The van der Waals surface area contributed by atoms with Gasteiger partial charge in [0.05, 0.1) is 0 Å². The lowest BCUT2D eigenvalue weighted by Gasteiger charge is -2.36. The van der Waals surface area contributed by atoms with Gasteiger partial charge in [0, 0.05) is 56.5 Å². The van der Waals surface area contributed by atoms with Gasteiger partial charge in [0.15, 0.2) is 0 Å². The average Bonchev–Trinajstić information content (AvgIpc) is 2.69. The number of halogens is 2. The van der Waals surface area contributed by atoms with Crippen LogP contribution in [-0.2, 0) is 6.54 Å². The number of piperazine rings is 1. The van der Waals surface area contributed by atoms with Crippen LogP contribution >= 0.6 is 11.6 Å². The van der Waals surface area contributed by atoms with Crippen molar-refractivity contribution in [2.75, 3.05) is 44.2 Å². The van der Waals surface area contributed by atoms with Crippen molar-refractivity contribution in [3.8, 4) is 0 Å². The Balaban J connectivity index is 1.31. The number of carbonyl (C=O) groups is 1. The molecule has 1 aliphatic rings. The van der Waals surface area contributed by atoms with E-state index in [2.05, 4.69) is 20.4 Å². The van der Waals surface area contributed by atoms with E-state index in [1.54, 1.807) is 0 Å². The Morgan fingerprint density at radius 1 is 0.963 bits per heavy atom. The first-order chi connectivity index (χ1) is 13.1. The van der Waals surface area contributed by atoms with Gasteiger partial charge in [-0.25, -0.2) is 9.18 Å². The van der Waals surface area contributed by atoms with Gasteiger partial charge < -0.3 is 15.5 Å². The number of hydrogen-bond donors (Lipinski definition) is 2. The molecule has 2 aromatic carbocycles. The van der Waals surface area contributed by atoms with Crippen LogP contribution in [0.1, 0.15) is 5.56 Å². The van der Waals surface area contributed by atoms with Crippen LogP contribution in [0.2, 0.25) is 5.02 Å². The zero-order valence-electron chi connectivity index (χ0n) is 15.1. The highest BCUT2D eigenvalue weighted by Crippen LogP contribution is 2.16. The Kier molecular flexibility index (Phi) is 6.90. The van der Waals surface area contributed by atoms with Gasteiger partial charge in [-0.3, -0.25) is 4.90 Å². The fourth-order valence-corrected chi connectivity index (χ4v) is 3.18. The molecule has 0 spiro atoms. The topological polar surface area (TPSA) is 47.6 Å². The summed E-state index contributed by atoms with van der Waals surface area (Å²) in [6, 6.07) is 13.9. The van der Waals surface area contributed by atoms with Crippen molar-refractivity contribution >= 4 is 23.3 Å². The van der Waals surface area contributed by atoms with E-state index < -0.39 is 0 Å². The van der Waals surface area contributed by atoms with Crippen molar-refractivity contribution in [3.63, 3.8) is 0 Å². The molecule has 2 N–H and O–H groups in total. The second kappa shape index (κ2) is 9.58. The minimum atomic E-state index is -0.210. The summed E-state index contributed by atoms with van der Waals surface area (Å²) < 4.78 is 13.0. The lowest BCUT2D eigenvalue weighted by Crippen LogP contribution is -2.49. The number of amides is 2. The standard InChI is InChI=1S/C20H24ClFN4O/c21-17-3-1-16(2-4-17)15-24-20(27)23-9-10-25-11-13-26(14-12-25)19-7-5-18(22)6-8-19/h1-8H,9-15H2,(H2,23,24,27). The molecule has 3 rings (SSSR count). The molecule has 1 aliphatic heterocycles. The number of urea groups is 1. The number of benzene rings is 2. The normalized spacial score (nSPS) is 14.8. The molecule has 0 aliphatic carbocycles. The van der Waals surface area contributed by atoms with Crippen LogP contribution in [-0.4, -0.2) is 50.2 Å². The summed E-state index contributed by atoms with van der Waals surface area (Å²) in [4.78, 5) is 16.5. The monoisotopic (exact) mass is 390 g/mol. The molecule has 2 aromatic rings. The van der Waals surface area contributed by atoms with E-state index in [0.29, 0.717) is 18.1 Å². The summed E-state index contributed by atoms with van der Waals surface area (Å²) in [5.74, 6) is -0.210. The van der Waals surface area contributed by atoms with Gasteiger partial charge in [-0.15, -0.1) is 0 Å². The first-order valence-electron chi connectivity index (χ1n) is 9.09. The number of nitrogens with one attached hydrogen (secondary N) is 2. The average molecular weight is 391 g/mol. The first kappa shape index (κ1) is 19.5. The SMILES string of the molecule is O=C(NCCN1CCN(c2ccc(F)cc2)CC1)NCc1ccc(Cl)cc1. The summed E-state index contributed by atoms with van der Waals surface area (Å²) in [5.41, 5.74) is 2.06. The summed E-state index contributed by atoms with van der Waals surface area (Å²) >= 11 is 5.84. The Morgan fingerprint density at radius 3 is 2.30 bits per heavy atom. The molecule has 0 bridgehead atoms. The molecule has 27 heavy (non-hydrogen) atoms. The van der Waals surface area contributed by atoms with Crippen molar-refractivity contribution in [1.82, 2.24) is 15.5 Å². The summed E-state index contributed by atoms with van der Waals surface area (Å²) in [7, 11) is 0. The maximum absolute atomic E-state index is 13.0. The lowest BCUT2D eigenvalue weighted by molar-refractivity contribution is 0.231. The number of rotatable bonds is 6. The first-order valence-corrected chi connectivity index (χ1v) is 9.47. The van der Waals surface area contributed by atoms with Gasteiger partial charge in [-0.05, 0) is 42.0 Å². The molecule has 5 nitrogen and oxygen atoms in total. The van der Waals surface area contributed by atoms with E-state index in [0.717, 1.165) is 44.0 Å². The van der Waals surface area contributed by atoms with Crippen molar-refractivity contribution < 1.29 is 9.18 Å². The van der Waals surface area contributed by atoms with Crippen LogP contribution in [0.15, 0.2) is 48.5 Å². The van der Waals surface area contributed by atoms with Gasteiger partial charge in [-0.1, -0.05) is 23.7 Å². The molecule has 1 heterocycles. The fraction of sp³-hybridized carbons (Fsp3) is 0.350. The molecule has 2 amide bonds. The molecule has 0 aromatic heterocycles. The number of carbonyl (C=O) groups excluding carboxylic acids is 1. The molecular weight excluding hydrogens is 367 g/mol. The van der Waals surface area contributed by atoms with Crippen LogP contribution in [0.4, 0.5) is 14.9 Å². The largest absolute Gasteiger partial charge is 0.369 e. The van der Waals surface area contributed by atoms with Gasteiger partial charge in [-0.2, -0.15) is 0 Å². The smallest absolute Gasteiger partial charge is 0.315 e. The van der Waals surface area contributed by atoms with Crippen LogP contribution in [0.3, 0.4) is 0 Å². The number of nitrogens with zero attached hydrogens (tertiary/aromatic N) is 2. The van der Waals surface area contributed by atoms with Crippen molar-refractivity contribution in [1.29, 1.82) is 0 Å².